The number of pyridine rings is 1. The number of piperazine rings is 1. The van der Waals surface area contributed by atoms with E-state index >= 15 is 0 Å². The summed E-state index contributed by atoms with van der Waals surface area (Å²) < 4.78 is 0. The lowest BCUT2D eigenvalue weighted by Crippen LogP contribution is -2.46. The van der Waals surface area contributed by atoms with Crippen LogP contribution in [0.5, 0.6) is 0 Å². The quantitative estimate of drug-likeness (QED) is 0.736. The van der Waals surface area contributed by atoms with Crippen LogP contribution >= 0.6 is 12.2 Å². The van der Waals surface area contributed by atoms with Gasteiger partial charge in [-0.3, -0.25) is 0 Å². The summed E-state index contributed by atoms with van der Waals surface area (Å²) in [6.45, 7) is 16.6. The van der Waals surface area contributed by atoms with Crippen LogP contribution in [0, 0.1) is 18.8 Å². The maximum absolute atomic E-state index is 5.73. The smallest absolute Gasteiger partial charge is 0.173 e. The molecule has 1 N–H and O–H groups in total. The van der Waals surface area contributed by atoms with Gasteiger partial charge in [-0.2, -0.15) is 0 Å². The van der Waals surface area contributed by atoms with Crippen molar-refractivity contribution in [1.82, 2.24) is 14.8 Å². The second kappa shape index (κ2) is 9.06. The highest BCUT2D eigenvalue weighted by Gasteiger charge is 2.23. The van der Waals surface area contributed by atoms with Gasteiger partial charge in [0, 0.05) is 50.3 Å². The summed E-state index contributed by atoms with van der Waals surface area (Å²) in [6, 6.07) is 8.66. The molecule has 6 heteroatoms. The third-order valence-electron chi connectivity index (χ3n) is 6.55. The van der Waals surface area contributed by atoms with E-state index < -0.39 is 0 Å². The van der Waals surface area contributed by atoms with Crippen molar-refractivity contribution < 1.29 is 0 Å². The number of rotatable bonds is 3. The molecule has 3 heterocycles. The van der Waals surface area contributed by atoms with Crippen LogP contribution in [0.2, 0.25) is 0 Å². The van der Waals surface area contributed by atoms with Gasteiger partial charge in [-0.25, -0.2) is 4.98 Å². The fraction of sp³-hybridized carbons (Fsp3) is 0.583. The van der Waals surface area contributed by atoms with Crippen LogP contribution in [0.25, 0.3) is 10.9 Å². The first kappa shape index (κ1) is 21.3. The monoisotopic (exact) mass is 425 g/mol. The molecule has 0 bridgehead atoms. The lowest BCUT2D eigenvalue weighted by Gasteiger charge is -2.36. The van der Waals surface area contributed by atoms with Gasteiger partial charge in [0.25, 0.3) is 0 Å². The van der Waals surface area contributed by atoms with Crippen LogP contribution in [0.1, 0.15) is 32.8 Å². The number of fused-ring (bicyclic) bond motifs is 1. The van der Waals surface area contributed by atoms with Gasteiger partial charge >= 0.3 is 0 Å². The summed E-state index contributed by atoms with van der Waals surface area (Å²) in [5, 5.41) is 5.51. The highest BCUT2D eigenvalue weighted by Crippen LogP contribution is 2.27. The molecule has 1 aromatic carbocycles. The molecule has 1 aromatic heterocycles. The van der Waals surface area contributed by atoms with E-state index in [0.29, 0.717) is 11.8 Å². The molecule has 0 spiro atoms. The van der Waals surface area contributed by atoms with Crippen molar-refractivity contribution in [2.24, 2.45) is 11.8 Å². The minimum absolute atomic E-state index is 0.689. The largest absolute Gasteiger partial charge is 0.354 e. The number of nitrogens with zero attached hydrogens (tertiary/aromatic N) is 4. The molecule has 2 atom stereocenters. The van der Waals surface area contributed by atoms with Gasteiger partial charge in [0.1, 0.15) is 5.82 Å². The van der Waals surface area contributed by atoms with Gasteiger partial charge in [-0.1, -0.05) is 20.8 Å². The molecule has 2 fully saturated rings. The zero-order valence-electron chi connectivity index (χ0n) is 18.8. The van der Waals surface area contributed by atoms with Crippen LogP contribution in [-0.4, -0.2) is 65.7 Å². The van der Waals surface area contributed by atoms with Crippen LogP contribution in [0.4, 0.5) is 11.5 Å². The number of nitrogens with one attached hydrogen (secondary N) is 1. The first-order valence-corrected chi connectivity index (χ1v) is 11.8. The Labute approximate surface area is 186 Å². The van der Waals surface area contributed by atoms with Gasteiger partial charge in [0.15, 0.2) is 5.11 Å². The number of aryl methyl sites for hydroxylation is 1. The third kappa shape index (κ3) is 4.70. The molecule has 0 saturated carbocycles. The van der Waals surface area contributed by atoms with Gasteiger partial charge < -0.3 is 20.0 Å². The maximum atomic E-state index is 5.73. The van der Waals surface area contributed by atoms with Crippen molar-refractivity contribution in [2.45, 2.75) is 34.1 Å². The predicted octanol–water partition coefficient (Wildman–Crippen LogP) is 4.36. The van der Waals surface area contributed by atoms with Crippen molar-refractivity contribution in [3.8, 4) is 0 Å². The van der Waals surface area contributed by atoms with Gasteiger partial charge in [0.2, 0.25) is 0 Å². The van der Waals surface area contributed by atoms with Crippen molar-refractivity contribution >= 4 is 39.7 Å². The topological polar surface area (TPSA) is 34.6 Å². The molecule has 0 radical (unpaired) electrons. The summed E-state index contributed by atoms with van der Waals surface area (Å²) in [5.74, 6) is 2.48. The number of anilines is 2. The first-order valence-electron chi connectivity index (χ1n) is 11.4. The predicted molar refractivity (Wildman–Crippen MR) is 132 cm³/mol. The molecular formula is C24H35N5S. The molecular weight excluding hydrogens is 390 g/mol. The molecule has 30 heavy (non-hydrogen) atoms. The van der Waals surface area contributed by atoms with E-state index in [1.807, 2.05) is 0 Å². The number of likely N-dealkylation sites (N-methyl/N-ethyl adjacent to an activating group) is 1. The van der Waals surface area contributed by atoms with Crippen molar-refractivity contribution in [3.63, 3.8) is 0 Å². The molecule has 0 amide bonds. The van der Waals surface area contributed by atoms with E-state index in [9.17, 15) is 0 Å². The van der Waals surface area contributed by atoms with E-state index in [1.165, 1.54) is 17.4 Å². The Morgan fingerprint density at radius 3 is 2.47 bits per heavy atom. The Morgan fingerprint density at radius 2 is 1.80 bits per heavy atom. The second-order valence-corrected chi connectivity index (χ2v) is 9.62. The van der Waals surface area contributed by atoms with E-state index in [2.05, 4.69) is 72.0 Å². The van der Waals surface area contributed by atoms with Crippen LogP contribution in [0.3, 0.4) is 0 Å². The third-order valence-corrected chi connectivity index (χ3v) is 6.91. The van der Waals surface area contributed by atoms with E-state index in [0.717, 1.165) is 67.9 Å². The summed E-state index contributed by atoms with van der Waals surface area (Å²) in [6.07, 6.45) is 1.29. The zero-order valence-corrected chi connectivity index (χ0v) is 19.6. The average Bonchev–Trinajstić information content (AvgIpc) is 2.73. The average molecular weight is 426 g/mol. The van der Waals surface area contributed by atoms with E-state index in [-0.39, 0.29) is 0 Å². The Morgan fingerprint density at radius 1 is 1.10 bits per heavy atom. The van der Waals surface area contributed by atoms with Gasteiger partial charge in [0.05, 0.1) is 5.52 Å². The van der Waals surface area contributed by atoms with E-state index in [4.69, 9.17) is 17.2 Å². The number of benzene rings is 1. The van der Waals surface area contributed by atoms with E-state index in [1.54, 1.807) is 0 Å². The highest BCUT2D eigenvalue weighted by molar-refractivity contribution is 7.80. The minimum atomic E-state index is 0.689. The number of thiocarbonyl (C=S) groups is 1. The van der Waals surface area contributed by atoms with Gasteiger partial charge in [-0.05, 0) is 73.8 Å². The van der Waals surface area contributed by atoms with Gasteiger partial charge in [-0.15, -0.1) is 0 Å². The molecule has 5 nitrogen and oxygen atoms in total. The van der Waals surface area contributed by atoms with Crippen molar-refractivity contribution in [1.29, 1.82) is 0 Å². The molecule has 4 rings (SSSR count). The van der Waals surface area contributed by atoms with Crippen molar-refractivity contribution in [3.05, 3.63) is 29.8 Å². The Hall–Kier alpha value is -1.92. The summed E-state index contributed by atoms with van der Waals surface area (Å²) in [5.41, 5.74) is 3.37. The lowest BCUT2D eigenvalue weighted by atomic mass is 9.92. The molecule has 2 aliphatic rings. The van der Waals surface area contributed by atoms with Crippen LogP contribution < -0.4 is 10.2 Å². The number of aromatic nitrogens is 1. The minimum Gasteiger partial charge on any atom is -0.354 e. The maximum Gasteiger partial charge on any atom is 0.173 e. The van der Waals surface area contributed by atoms with Crippen LogP contribution in [0.15, 0.2) is 24.3 Å². The lowest BCUT2D eigenvalue weighted by molar-refractivity contribution is 0.216. The highest BCUT2D eigenvalue weighted by atomic mass is 32.1. The first-order chi connectivity index (χ1) is 14.4. The Balaban J connectivity index is 1.49. The standard InChI is InChI=1S/C24H35N5S/c1-5-27-8-10-28(11-9-27)23-13-19(4)21-14-20(6-7-22(21)26-23)25-24(30)29-15-17(2)12-18(3)16-29/h6-7,13-14,17-18H,5,8-12,15-16H2,1-4H3,(H,25,30)/t17-,18-/m1/s1. The SMILES string of the molecule is CCN1CCN(c2cc(C)c3cc(NC(=S)N4C[C@H](C)C[C@@H](C)C4)ccc3n2)CC1. The normalized spacial score (nSPS) is 23.1. The summed E-state index contributed by atoms with van der Waals surface area (Å²) in [4.78, 5) is 12.2. The zero-order chi connectivity index (χ0) is 21.3. The van der Waals surface area contributed by atoms with Crippen molar-refractivity contribution in [2.75, 3.05) is 56.0 Å². The molecule has 2 saturated heterocycles. The molecule has 0 unspecified atom stereocenters. The fourth-order valence-electron chi connectivity index (χ4n) is 4.94. The molecule has 0 aliphatic carbocycles. The fourth-order valence-corrected chi connectivity index (χ4v) is 5.21. The number of piperidine rings is 1. The Bertz CT molecular complexity index is 896. The van der Waals surface area contributed by atoms with Crippen LogP contribution in [-0.2, 0) is 0 Å². The molecule has 2 aromatic rings. The number of hydrogen-bond donors (Lipinski definition) is 1. The molecule has 2 aliphatic heterocycles. The number of likely N-dealkylation sites (tertiary alicyclic amines) is 1. The number of hydrogen-bond acceptors (Lipinski definition) is 4. The molecule has 162 valence electrons. The second-order valence-electron chi connectivity index (χ2n) is 9.23. The summed E-state index contributed by atoms with van der Waals surface area (Å²) in [7, 11) is 0. The summed E-state index contributed by atoms with van der Waals surface area (Å²) >= 11 is 5.73. The Kier molecular flexibility index (Phi) is 6.44.